The molecule has 3 aliphatic carbocycles. The second kappa shape index (κ2) is 12.7. The molecule has 0 radical (unpaired) electrons. The van der Waals surface area contributed by atoms with Gasteiger partial charge >= 0.3 is 0 Å². The predicted octanol–water partition coefficient (Wildman–Crippen LogP) is 16.5. The van der Waals surface area contributed by atoms with Gasteiger partial charge in [0.25, 0.3) is 0 Å². The molecule has 61 heavy (non-hydrogen) atoms. The second-order valence-electron chi connectivity index (χ2n) is 17.3. The zero-order chi connectivity index (χ0) is 40.6. The molecule has 13 rings (SSSR count). The smallest absolute Gasteiger partial charge is 0.0727 e. The van der Waals surface area contributed by atoms with Crippen LogP contribution in [0.5, 0.6) is 0 Å². The molecule has 1 heterocycles. The molecular weight excluding hydrogens is 778 g/mol. The lowest BCUT2D eigenvalue weighted by molar-refractivity contribution is 0.660. The summed E-state index contributed by atoms with van der Waals surface area (Å²) < 4.78 is 2.62. The van der Waals surface area contributed by atoms with Crippen molar-refractivity contribution in [2.24, 2.45) is 0 Å². The van der Waals surface area contributed by atoms with E-state index < -0.39 is 5.41 Å². The Kier molecular flexibility index (Phi) is 7.28. The average molecular weight is 816 g/mol. The molecule has 1 atom stereocenters. The van der Waals surface area contributed by atoms with Gasteiger partial charge in [0.2, 0.25) is 0 Å². The van der Waals surface area contributed by atoms with E-state index in [0.29, 0.717) is 0 Å². The number of anilines is 3. The van der Waals surface area contributed by atoms with Crippen molar-refractivity contribution in [1.29, 1.82) is 0 Å². The summed E-state index contributed by atoms with van der Waals surface area (Å²) in [6.45, 7) is 4.74. The van der Waals surface area contributed by atoms with Gasteiger partial charge in [-0.1, -0.05) is 165 Å². The van der Waals surface area contributed by atoms with E-state index in [1.807, 2.05) is 11.3 Å². The van der Waals surface area contributed by atoms with Crippen LogP contribution in [0.15, 0.2) is 194 Å². The average Bonchev–Trinajstić information content (AvgIpc) is 3.98. The van der Waals surface area contributed by atoms with Crippen molar-refractivity contribution in [3.63, 3.8) is 0 Å². The molecule has 0 aliphatic heterocycles. The van der Waals surface area contributed by atoms with Gasteiger partial charge in [0.1, 0.15) is 0 Å². The fourth-order valence-corrected chi connectivity index (χ4v) is 12.7. The first-order valence-electron chi connectivity index (χ1n) is 21.1. The first-order chi connectivity index (χ1) is 29.9. The van der Waals surface area contributed by atoms with Crippen molar-refractivity contribution in [3.05, 3.63) is 233 Å². The van der Waals surface area contributed by atoms with Gasteiger partial charge in [-0.25, -0.2) is 0 Å². The lowest BCUT2D eigenvalue weighted by atomic mass is 9.70. The minimum atomic E-state index is -0.582. The Balaban J connectivity index is 1.11. The second-order valence-corrected chi connectivity index (χ2v) is 18.8. The van der Waals surface area contributed by atoms with Crippen molar-refractivity contribution in [2.45, 2.75) is 24.7 Å². The Bertz CT molecular complexity index is 3490. The van der Waals surface area contributed by atoms with Gasteiger partial charge < -0.3 is 4.90 Å². The van der Waals surface area contributed by atoms with E-state index in [1.165, 1.54) is 98.1 Å². The Morgan fingerprint density at radius 1 is 0.426 bits per heavy atom. The summed E-state index contributed by atoms with van der Waals surface area (Å²) in [5.74, 6) is 0. The van der Waals surface area contributed by atoms with Crippen LogP contribution in [0, 0.1) is 0 Å². The van der Waals surface area contributed by atoms with Crippen LogP contribution in [0.4, 0.5) is 17.1 Å². The lowest BCUT2D eigenvalue weighted by Gasteiger charge is -2.33. The molecule has 1 spiro atoms. The molecule has 288 valence electrons. The van der Waals surface area contributed by atoms with Crippen LogP contribution in [-0.4, -0.2) is 0 Å². The molecule has 9 aromatic carbocycles. The normalized spacial score (nSPS) is 16.0. The molecule has 1 unspecified atom stereocenters. The quantitative estimate of drug-likeness (QED) is 0.171. The van der Waals surface area contributed by atoms with E-state index >= 15 is 0 Å². The van der Waals surface area contributed by atoms with Crippen molar-refractivity contribution in [1.82, 2.24) is 0 Å². The number of para-hydroxylation sites is 1. The number of rotatable bonds is 4. The minimum absolute atomic E-state index is 0.149. The third kappa shape index (κ3) is 4.67. The van der Waals surface area contributed by atoms with Gasteiger partial charge in [-0.2, -0.15) is 0 Å². The fourth-order valence-electron chi connectivity index (χ4n) is 11.4. The Labute approximate surface area is 364 Å². The van der Waals surface area contributed by atoms with Gasteiger partial charge in [0, 0.05) is 47.5 Å². The summed E-state index contributed by atoms with van der Waals surface area (Å²) >= 11 is 8.97. The Morgan fingerprint density at radius 2 is 1.02 bits per heavy atom. The molecule has 0 fully saturated rings. The lowest BCUT2D eigenvalue weighted by Crippen LogP contribution is -2.26. The number of thiophene rings is 1. The van der Waals surface area contributed by atoms with Crippen molar-refractivity contribution < 1.29 is 0 Å². The molecule has 3 aliphatic rings. The van der Waals surface area contributed by atoms with E-state index in [4.69, 9.17) is 11.6 Å². The summed E-state index contributed by atoms with van der Waals surface area (Å²) in [7, 11) is 0. The van der Waals surface area contributed by atoms with Crippen molar-refractivity contribution in [3.8, 4) is 44.5 Å². The van der Waals surface area contributed by atoms with Crippen molar-refractivity contribution >= 4 is 60.2 Å². The number of hydrogen-bond acceptors (Lipinski definition) is 2. The summed E-state index contributed by atoms with van der Waals surface area (Å²) in [6, 6.07) is 72.3. The molecule has 0 bridgehead atoms. The molecule has 1 nitrogen and oxygen atoms in total. The van der Waals surface area contributed by atoms with Crippen molar-refractivity contribution in [2.75, 3.05) is 4.90 Å². The molecule has 0 saturated carbocycles. The maximum absolute atomic E-state index is 7.09. The molecule has 1 aromatic heterocycles. The van der Waals surface area contributed by atoms with Crippen LogP contribution < -0.4 is 4.90 Å². The van der Waals surface area contributed by atoms with Gasteiger partial charge in [0.05, 0.1) is 11.1 Å². The van der Waals surface area contributed by atoms with E-state index in [0.717, 1.165) is 22.1 Å². The highest BCUT2D eigenvalue weighted by atomic mass is 35.5. The fraction of sp³-hybridized carbons (Fsp3) is 0.0690. The Hall–Kier alpha value is -6.71. The largest absolute Gasteiger partial charge is 0.310 e. The highest BCUT2D eigenvalue weighted by Gasteiger charge is 2.52. The van der Waals surface area contributed by atoms with E-state index in [2.05, 4.69) is 213 Å². The SMILES string of the molecule is CC1(C)c2ccccc2-c2ccc(N(c3ccc4c(c3)C3(c5ccccc5-4)c4cc(Cl)ccc4-c4c3ccc3sc5ccccc5c43)c3ccccc3-c3ccccc3)cc21. The molecule has 0 N–H and O–H groups in total. The zero-order valence-corrected chi connectivity index (χ0v) is 35.3. The van der Waals surface area contributed by atoms with Crippen LogP contribution >= 0.6 is 22.9 Å². The van der Waals surface area contributed by atoms with Gasteiger partial charge in [0.15, 0.2) is 0 Å². The highest BCUT2D eigenvalue weighted by molar-refractivity contribution is 7.26. The number of fused-ring (bicyclic) bond motifs is 17. The molecular formula is C58H38ClNS. The molecule has 0 amide bonds. The van der Waals surface area contributed by atoms with Crippen LogP contribution in [0.25, 0.3) is 64.7 Å². The number of hydrogen-bond donors (Lipinski definition) is 0. The van der Waals surface area contributed by atoms with Crippen LogP contribution in [-0.2, 0) is 10.8 Å². The molecule has 3 heteroatoms. The summed E-state index contributed by atoms with van der Waals surface area (Å²) in [5.41, 5.74) is 20.6. The van der Waals surface area contributed by atoms with E-state index in [1.54, 1.807) is 0 Å². The summed E-state index contributed by atoms with van der Waals surface area (Å²) in [6.07, 6.45) is 0. The highest BCUT2D eigenvalue weighted by Crippen LogP contribution is 2.65. The third-order valence-corrected chi connectivity index (χ3v) is 15.3. The van der Waals surface area contributed by atoms with Gasteiger partial charge in [-0.15, -0.1) is 11.3 Å². The monoisotopic (exact) mass is 815 g/mol. The van der Waals surface area contributed by atoms with Crippen LogP contribution in [0.1, 0.15) is 47.2 Å². The van der Waals surface area contributed by atoms with E-state index in [9.17, 15) is 0 Å². The van der Waals surface area contributed by atoms with Crippen LogP contribution in [0.3, 0.4) is 0 Å². The van der Waals surface area contributed by atoms with Gasteiger partial charge in [-0.3, -0.25) is 0 Å². The first-order valence-corrected chi connectivity index (χ1v) is 22.3. The minimum Gasteiger partial charge on any atom is -0.310 e. The standard InChI is InChI=1S/C58H38ClNS/c1-57(2)46-20-10-6-17-40(46)42-28-25-37(33-49(42)57)60(52-22-12-8-16-39(52)35-14-4-3-5-15-35)38-26-29-43-41-18-7-11-21-47(41)58(51(43)34-38)48-30-31-54-56(45-19-9-13-23-53(45)61-54)55(48)44-27-24-36(59)32-50(44)58/h3-34H,1-2H3. The maximum Gasteiger partial charge on any atom is 0.0727 e. The molecule has 10 aromatic rings. The van der Waals surface area contributed by atoms with E-state index in [-0.39, 0.29) is 5.41 Å². The summed E-state index contributed by atoms with van der Waals surface area (Å²) in [5, 5.41) is 3.39. The van der Waals surface area contributed by atoms with Crippen LogP contribution in [0.2, 0.25) is 5.02 Å². The van der Waals surface area contributed by atoms with Gasteiger partial charge in [-0.05, 0) is 127 Å². The predicted molar refractivity (Wildman–Crippen MR) is 258 cm³/mol. The first kappa shape index (κ1) is 35.1. The summed E-state index contributed by atoms with van der Waals surface area (Å²) in [4.78, 5) is 2.50. The molecule has 0 saturated heterocycles. The number of nitrogens with zero attached hydrogens (tertiary/aromatic N) is 1. The number of benzene rings is 9. The topological polar surface area (TPSA) is 3.24 Å². The third-order valence-electron chi connectivity index (χ3n) is 13.9. The maximum atomic E-state index is 7.09. The Morgan fingerprint density at radius 3 is 1.82 bits per heavy atom. The number of halogens is 1. The zero-order valence-electron chi connectivity index (χ0n) is 33.7.